The number of aryl methyl sites for hydroxylation is 1. The van der Waals surface area contributed by atoms with Crippen LogP contribution in [0.5, 0.6) is 0 Å². The van der Waals surface area contributed by atoms with Gasteiger partial charge in [-0.25, -0.2) is 4.79 Å². The van der Waals surface area contributed by atoms with Gasteiger partial charge >= 0.3 is 6.03 Å². The van der Waals surface area contributed by atoms with Crippen LogP contribution in [-0.2, 0) is 0 Å². The molecule has 0 aliphatic rings. The van der Waals surface area contributed by atoms with Gasteiger partial charge in [-0.1, -0.05) is 24.1 Å². The summed E-state index contributed by atoms with van der Waals surface area (Å²) in [6, 6.07) is 7.01. The summed E-state index contributed by atoms with van der Waals surface area (Å²) in [6.45, 7) is 3.68. The fourth-order valence-corrected chi connectivity index (χ4v) is 1.11. The van der Waals surface area contributed by atoms with Gasteiger partial charge in [0.1, 0.15) is 0 Å². The maximum Gasteiger partial charge on any atom is 0.320 e. The van der Waals surface area contributed by atoms with E-state index >= 15 is 0 Å². The molecule has 0 radical (unpaired) electrons. The molecule has 0 spiro atoms. The Balaban J connectivity index is 2.60. The first kappa shape index (κ1) is 11.1. The molecule has 0 heterocycles. The Morgan fingerprint density at radius 3 is 2.73 bits per heavy atom. The fourth-order valence-electron chi connectivity index (χ4n) is 1.11. The van der Waals surface area contributed by atoms with Gasteiger partial charge in [0.15, 0.2) is 0 Å². The lowest BCUT2D eigenvalue weighted by molar-refractivity contribution is 0.251. The van der Waals surface area contributed by atoms with Crippen LogP contribution < -0.4 is 10.6 Å². The SMILES string of the molecule is C#C[C@@H](C)NC(=O)Nc1ccccc1C. The number of amides is 2. The third-order valence-corrected chi connectivity index (χ3v) is 1.99. The van der Waals surface area contributed by atoms with Crippen LogP contribution in [0.3, 0.4) is 0 Å². The van der Waals surface area contributed by atoms with Gasteiger partial charge in [-0.15, -0.1) is 6.42 Å². The Morgan fingerprint density at radius 1 is 1.47 bits per heavy atom. The van der Waals surface area contributed by atoms with E-state index in [1.54, 1.807) is 6.92 Å². The molecule has 1 aromatic carbocycles. The maximum absolute atomic E-state index is 11.4. The molecule has 0 saturated carbocycles. The topological polar surface area (TPSA) is 41.1 Å². The third-order valence-electron chi connectivity index (χ3n) is 1.99. The Hall–Kier alpha value is -1.95. The number of hydrogen-bond acceptors (Lipinski definition) is 1. The molecule has 2 amide bonds. The van der Waals surface area contributed by atoms with E-state index in [0.717, 1.165) is 11.3 Å². The third kappa shape index (κ3) is 3.35. The summed E-state index contributed by atoms with van der Waals surface area (Å²) in [4.78, 5) is 11.4. The summed E-state index contributed by atoms with van der Waals surface area (Å²) in [5, 5.41) is 5.35. The van der Waals surface area contributed by atoms with E-state index in [9.17, 15) is 4.79 Å². The molecule has 3 nitrogen and oxygen atoms in total. The number of benzene rings is 1. The predicted octanol–water partition coefficient (Wildman–Crippen LogP) is 2.14. The zero-order valence-corrected chi connectivity index (χ0v) is 8.87. The average molecular weight is 202 g/mol. The Bertz CT molecular complexity index is 393. The molecule has 0 saturated heterocycles. The summed E-state index contributed by atoms with van der Waals surface area (Å²) >= 11 is 0. The lowest BCUT2D eigenvalue weighted by Gasteiger charge is -2.11. The fraction of sp³-hybridized carbons (Fsp3) is 0.250. The number of hydrogen-bond donors (Lipinski definition) is 2. The van der Waals surface area contributed by atoms with Crippen molar-refractivity contribution >= 4 is 11.7 Å². The van der Waals surface area contributed by atoms with E-state index in [1.165, 1.54) is 0 Å². The smallest absolute Gasteiger partial charge is 0.320 e. The number of rotatable bonds is 2. The van der Waals surface area contributed by atoms with Crippen molar-refractivity contribution in [2.24, 2.45) is 0 Å². The van der Waals surface area contributed by atoms with Crippen molar-refractivity contribution in [1.82, 2.24) is 5.32 Å². The molecule has 1 atom stereocenters. The molecule has 1 rings (SSSR count). The summed E-state index contributed by atoms with van der Waals surface area (Å²) in [5.74, 6) is 2.42. The van der Waals surface area contributed by atoms with Crippen LogP contribution in [0.15, 0.2) is 24.3 Å². The van der Waals surface area contributed by atoms with E-state index in [4.69, 9.17) is 6.42 Å². The van der Waals surface area contributed by atoms with Crippen molar-refractivity contribution in [3.63, 3.8) is 0 Å². The van der Waals surface area contributed by atoms with E-state index in [2.05, 4.69) is 16.6 Å². The molecule has 3 heteroatoms. The highest BCUT2D eigenvalue weighted by Crippen LogP contribution is 2.12. The molecule has 0 bridgehead atoms. The summed E-state index contributed by atoms with van der Waals surface area (Å²) in [5.41, 5.74) is 1.81. The van der Waals surface area contributed by atoms with Crippen LogP contribution in [0.2, 0.25) is 0 Å². The number of terminal acetylenes is 1. The number of nitrogens with one attached hydrogen (secondary N) is 2. The lowest BCUT2D eigenvalue weighted by Crippen LogP contribution is -2.35. The van der Waals surface area contributed by atoms with Gasteiger partial charge in [-0.05, 0) is 25.5 Å². The molecule has 0 unspecified atom stereocenters. The van der Waals surface area contributed by atoms with Gasteiger partial charge in [0.05, 0.1) is 6.04 Å². The lowest BCUT2D eigenvalue weighted by atomic mass is 10.2. The minimum Gasteiger partial charge on any atom is -0.325 e. The molecule has 0 fully saturated rings. The van der Waals surface area contributed by atoms with Crippen molar-refractivity contribution < 1.29 is 4.79 Å². The van der Waals surface area contributed by atoms with Crippen LogP contribution in [0, 0.1) is 19.3 Å². The molecule has 0 aromatic heterocycles. The second kappa shape index (κ2) is 5.06. The standard InChI is InChI=1S/C12H14N2O/c1-4-10(3)13-12(15)14-11-8-6-5-7-9(11)2/h1,5-8,10H,2-3H3,(H2,13,14,15)/t10-/m1/s1. The first-order chi connectivity index (χ1) is 7.13. The molecule has 2 N–H and O–H groups in total. The second-order valence-corrected chi connectivity index (χ2v) is 3.30. The largest absolute Gasteiger partial charge is 0.325 e. The van der Waals surface area contributed by atoms with Crippen molar-refractivity contribution in [2.75, 3.05) is 5.32 Å². The first-order valence-electron chi connectivity index (χ1n) is 4.72. The molecular weight excluding hydrogens is 188 g/mol. The van der Waals surface area contributed by atoms with Crippen molar-refractivity contribution in [1.29, 1.82) is 0 Å². The Morgan fingerprint density at radius 2 is 2.13 bits per heavy atom. The number of carbonyl (C=O) groups is 1. The van der Waals surface area contributed by atoms with E-state index in [1.807, 2.05) is 31.2 Å². The van der Waals surface area contributed by atoms with Gasteiger partial charge in [-0.3, -0.25) is 0 Å². The summed E-state index contributed by atoms with van der Waals surface area (Å²) < 4.78 is 0. The molecular formula is C12H14N2O. The maximum atomic E-state index is 11.4. The van der Waals surface area contributed by atoms with Crippen molar-refractivity contribution in [3.05, 3.63) is 29.8 Å². The first-order valence-corrected chi connectivity index (χ1v) is 4.72. The van der Waals surface area contributed by atoms with Gasteiger partial charge in [-0.2, -0.15) is 0 Å². The molecule has 78 valence electrons. The highest BCUT2D eigenvalue weighted by molar-refractivity contribution is 5.90. The van der Waals surface area contributed by atoms with Crippen molar-refractivity contribution in [3.8, 4) is 12.3 Å². The van der Waals surface area contributed by atoms with Crippen LogP contribution in [0.25, 0.3) is 0 Å². The van der Waals surface area contributed by atoms with Crippen LogP contribution in [-0.4, -0.2) is 12.1 Å². The predicted molar refractivity (Wildman–Crippen MR) is 61.6 cm³/mol. The van der Waals surface area contributed by atoms with E-state index in [0.29, 0.717) is 0 Å². The monoisotopic (exact) mass is 202 g/mol. The van der Waals surface area contributed by atoms with Gasteiger partial charge < -0.3 is 10.6 Å². The Kier molecular flexibility index (Phi) is 3.75. The average Bonchev–Trinajstić information content (AvgIpc) is 2.21. The van der Waals surface area contributed by atoms with E-state index < -0.39 is 0 Å². The minimum atomic E-state index is -0.283. The second-order valence-electron chi connectivity index (χ2n) is 3.30. The number of para-hydroxylation sites is 1. The quantitative estimate of drug-likeness (QED) is 0.709. The highest BCUT2D eigenvalue weighted by atomic mass is 16.2. The van der Waals surface area contributed by atoms with Gasteiger partial charge in [0.25, 0.3) is 0 Å². The van der Waals surface area contributed by atoms with Crippen LogP contribution in [0.4, 0.5) is 10.5 Å². The summed E-state index contributed by atoms with van der Waals surface area (Å²) in [7, 11) is 0. The normalized spacial score (nSPS) is 11.3. The Labute approximate surface area is 89.9 Å². The zero-order valence-electron chi connectivity index (χ0n) is 8.87. The van der Waals surface area contributed by atoms with Crippen LogP contribution in [0.1, 0.15) is 12.5 Å². The number of urea groups is 1. The number of anilines is 1. The molecule has 0 aliphatic heterocycles. The number of carbonyl (C=O) groups excluding carboxylic acids is 1. The summed E-state index contributed by atoms with van der Waals surface area (Å²) in [6.07, 6.45) is 5.15. The van der Waals surface area contributed by atoms with Crippen LogP contribution >= 0.6 is 0 Å². The zero-order chi connectivity index (χ0) is 11.3. The highest BCUT2D eigenvalue weighted by Gasteiger charge is 2.05. The van der Waals surface area contributed by atoms with E-state index in [-0.39, 0.29) is 12.1 Å². The minimum absolute atomic E-state index is 0.269. The van der Waals surface area contributed by atoms with Crippen molar-refractivity contribution in [2.45, 2.75) is 19.9 Å². The molecule has 1 aromatic rings. The molecule has 0 aliphatic carbocycles. The van der Waals surface area contributed by atoms with Gasteiger partial charge in [0.2, 0.25) is 0 Å². The van der Waals surface area contributed by atoms with Gasteiger partial charge in [0, 0.05) is 5.69 Å². The molecule has 15 heavy (non-hydrogen) atoms.